The molecular formula is C18H19NO4. The molecule has 1 aliphatic rings. The van der Waals surface area contributed by atoms with Crippen LogP contribution in [-0.2, 0) is 16.1 Å². The van der Waals surface area contributed by atoms with Crippen molar-refractivity contribution in [3.8, 4) is 5.75 Å². The summed E-state index contributed by atoms with van der Waals surface area (Å²) >= 11 is 0. The van der Waals surface area contributed by atoms with Crippen LogP contribution in [-0.4, -0.2) is 32.5 Å². The lowest BCUT2D eigenvalue weighted by Crippen LogP contribution is -2.45. The van der Waals surface area contributed by atoms with E-state index in [4.69, 9.17) is 14.2 Å². The predicted octanol–water partition coefficient (Wildman–Crippen LogP) is 3.24. The second-order valence-corrected chi connectivity index (χ2v) is 5.31. The summed E-state index contributed by atoms with van der Waals surface area (Å²) in [6, 6.07) is 17.1. The van der Waals surface area contributed by atoms with Crippen molar-refractivity contribution in [3.63, 3.8) is 0 Å². The van der Waals surface area contributed by atoms with Crippen LogP contribution in [0.3, 0.4) is 0 Å². The summed E-state index contributed by atoms with van der Waals surface area (Å²) in [6.07, 6.45) is -0.593. The van der Waals surface area contributed by atoms with Gasteiger partial charge in [-0.15, -0.1) is 0 Å². The van der Waals surface area contributed by atoms with Gasteiger partial charge in [0, 0.05) is 7.11 Å². The molecule has 0 aromatic heterocycles. The number of benzene rings is 2. The van der Waals surface area contributed by atoms with Gasteiger partial charge < -0.3 is 14.2 Å². The average molecular weight is 313 g/mol. The molecule has 1 aliphatic heterocycles. The van der Waals surface area contributed by atoms with E-state index in [2.05, 4.69) is 0 Å². The lowest BCUT2D eigenvalue weighted by atomic mass is 10.2. The Morgan fingerprint density at radius 2 is 1.91 bits per heavy atom. The molecule has 1 amide bonds. The van der Waals surface area contributed by atoms with E-state index in [9.17, 15) is 4.79 Å². The summed E-state index contributed by atoms with van der Waals surface area (Å²) in [5.74, 6) is 0.664. The molecule has 0 saturated carbocycles. The summed E-state index contributed by atoms with van der Waals surface area (Å²) in [7, 11) is 1.61. The van der Waals surface area contributed by atoms with E-state index >= 15 is 0 Å². The molecule has 0 aliphatic carbocycles. The largest absolute Gasteiger partial charge is 0.484 e. The third kappa shape index (κ3) is 3.63. The highest BCUT2D eigenvalue weighted by Crippen LogP contribution is 2.33. The van der Waals surface area contributed by atoms with Crippen LogP contribution >= 0.6 is 0 Å². The number of nitrogens with zero attached hydrogens (tertiary/aromatic N) is 1. The van der Waals surface area contributed by atoms with Gasteiger partial charge in [0.2, 0.25) is 0 Å². The maximum Gasteiger partial charge on any atom is 0.414 e. The molecule has 0 unspecified atom stereocenters. The molecule has 1 atom stereocenters. The molecule has 0 fully saturated rings. The fraction of sp³-hybridized carbons (Fsp3) is 0.278. The molecule has 3 rings (SSSR count). The molecule has 0 N–H and O–H groups in total. The van der Waals surface area contributed by atoms with Crippen molar-refractivity contribution in [2.45, 2.75) is 12.7 Å². The number of rotatable bonds is 4. The van der Waals surface area contributed by atoms with Crippen LogP contribution in [0.5, 0.6) is 5.75 Å². The fourth-order valence-electron chi connectivity index (χ4n) is 2.54. The standard InChI is InChI=1S/C18H19NO4/c1-21-13-15-11-19(16-9-5-6-10-17(16)23-15)18(20)22-12-14-7-3-2-4-8-14/h2-10,15H,11-13H2,1H3/t15-/m1/s1. The molecule has 5 nitrogen and oxygen atoms in total. The molecule has 23 heavy (non-hydrogen) atoms. The number of carbonyl (C=O) groups is 1. The number of anilines is 1. The first-order valence-electron chi connectivity index (χ1n) is 7.51. The van der Waals surface area contributed by atoms with E-state index in [0.717, 1.165) is 11.3 Å². The van der Waals surface area contributed by atoms with Crippen molar-refractivity contribution in [3.05, 3.63) is 60.2 Å². The van der Waals surface area contributed by atoms with Crippen LogP contribution in [0.25, 0.3) is 0 Å². The highest BCUT2D eigenvalue weighted by Gasteiger charge is 2.30. The molecule has 120 valence electrons. The monoisotopic (exact) mass is 313 g/mol. The van der Waals surface area contributed by atoms with Crippen molar-refractivity contribution >= 4 is 11.8 Å². The number of hydrogen-bond acceptors (Lipinski definition) is 4. The van der Waals surface area contributed by atoms with E-state index in [1.54, 1.807) is 12.0 Å². The first kappa shape index (κ1) is 15.4. The second-order valence-electron chi connectivity index (χ2n) is 5.31. The zero-order valence-electron chi connectivity index (χ0n) is 13.0. The first-order valence-corrected chi connectivity index (χ1v) is 7.51. The zero-order chi connectivity index (χ0) is 16.1. The lowest BCUT2D eigenvalue weighted by Gasteiger charge is -2.33. The number of para-hydroxylation sites is 2. The fourth-order valence-corrected chi connectivity index (χ4v) is 2.54. The van der Waals surface area contributed by atoms with Crippen molar-refractivity contribution < 1.29 is 19.0 Å². The first-order chi connectivity index (χ1) is 11.3. The summed E-state index contributed by atoms with van der Waals surface area (Å²) in [5.41, 5.74) is 1.67. The molecule has 0 radical (unpaired) electrons. The van der Waals surface area contributed by atoms with Gasteiger partial charge in [0.25, 0.3) is 0 Å². The highest BCUT2D eigenvalue weighted by molar-refractivity contribution is 5.90. The second kappa shape index (κ2) is 7.15. The van der Waals surface area contributed by atoms with Crippen molar-refractivity contribution in [1.29, 1.82) is 0 Å². The SMILES string of the molecule is COC[C@H]1CN(C(=O)OCc2ccccc2)c2ccccc2O1. The zero-order valence-corrected chi connectivity index (χ0v) is 13.0. The van der Waals surface area contributed by atoms with Gasteiger partial charge in [0.15, 0.2) is 0 Å². The van der Waals surface area contributed by atoms with Gasteiger partial charge in [-0.1, -0.05) is 42.5 Å². The Morgan fingerprint density at radius 1 is 1.17 bits per heavy atom. The Labute approximate surface area is 135 Å². The maximum absolute atomic E-state index is 12.5. The number of amides is 1. The van der Waals surface area contributed by atoms with Crippen molar-refractivity contribution in [2.24, 2.45) is 0 Å². The van der Waals surface area contributed by atoms with Crippen LogP contribution in [0.15, 0.2) is 54.6 Å². The molecule has 1 heterocycles. The Balaban J connectivity index is 1.73. The number of carbonyl (C=O) groups excluding carboxylic acids is 1. The van der Waals surface area contributed by atoms with Gasteiger partial charge in [0.05, 0.1) is 18.8 Å². The third-order valence-corrected chi connectivity index (χ3v) is 3.61. The molecule has 5 heteroatoms. The third-order valence-electron chi connectivity index (χ3n) is 3.61. The molecule has 2 aromatic rings. The molecular weight excluding hydrogens is 294 g/mol. The van der Waals surface area contributed by atoms with Crippen LogP contribution in [0, 0.1) is 0 Å². The Morgan fingerprint density at radius 3 is 2.70 bits per heavy atom. The summed E-state index contributed by atoms with van der Waals surface area (Å²) in [5, 5.41) is 0. The van der Waals surface area contributed by atoms with Gasteiger partial charge in [-0.25, -0.2) is 4.79 Å². The minimum Gasteiger partial charge on any atom is -0.484 e. The van der Waals surface area contributed by atoms with Gasteiger partial charge in [-0.2, -0.15) is 0 Å². The summed E-state index contributed by atoms with van der Waals surface area (Å²) in [6.45, 7) is 1.06. The Bertz CT molecular complexity index is 659. The number of methoxy groups -OCH3 is 1. The summed E-state index contributed by atoms with van der Waals surface area (Å²) in [4.78, 5) is 14.1. The maximum atomic E-state index is 12.5. The molecule has 0 spiro atoms. The number of ether oxygens (including phenoxy) is 3. The van der Waals surface area contributed by atoms with Gasteiger partial charge in [-0.3, -0.25) is 4.90 Å². The van der Waals surface area contributed by atoms with Crippen LogP contribution in [0.1, 0.15) is 5.56 Å². The minimum absolute atomic E-state index is 0.209. The summed E-state index contributed by atoms with van der Waals surface area (Å²) < 4.78 is 16.4. The average Bonchev–Trinajstić information content (AvgIpc) is 2.60. The van der Waals surface area contributed by atoms with E-state index in [-0.39, 0.29) is 18.8 Å². The lowest BCUT2D eigenvalue weighted by molar-refractivity contribution is 0.0758. The smallest absolute Gasteiger partial charge is 0.414 e. The van der Waals surface area contributed by atoms with E-state index < -0.39 is 0 Å². The highest BCUT2D eigenvalue weighted by atomic mass is 16.6. The van der Waals surface area contributed by atoms with Crippen molar-refractivity contribution in [2.75, 3.05) is 25.2 Å². The van der Waals surface area contributed by atoms with Gasteiger partial charge in [0.1, 0.15) is 18.5 Å². The van der Waals surface area contributed by atoms with Crippen LogP contribution in [0.2, 0.25) is 0 Å². The Hall–Kier alpha value is -2.53. The van der Waals surface area contributed by atoms with Gasteiger partial charge in [-0.05, 0) is 17.7 Å². The normalized spacial score (nSPS) is 16.4. The van der Waals surface area contributed by atoms with Crippen LogP contribution < -0.4 is 9.64 Å². The quantitative estimate of drug-likeness (QED) is 0.869. The molecule has 0 bridgehead atoms. The van der Waals surface area contributed by atoms with Crippen LogP contribution in [0.4, 0.5) is 10.5 Å². The van der Waals surface area contributed by atoms with Gasteiger partial charge >= 0.3 is 6.09 Å². The van der Waals surface area contributed by atoms with E-state index in [0.29, 0.717) is 18.9 Å². The van der Waals surface area contributed by atoms with E-state index in [1.807, 2.05) is 54.6 Å². The minimum atomic E-state index is -0.384. The predicted molar refractivity (Wildman–Crippen MR) is 86.7 cm³/mol. The molecule has 0 saturated heterocycles. The number of hydrogen-bond donors (Lipinski definition) is 0. The molecule has 2 aromatic carbocycles. The van der Waals surface area contributed by atoms with E-state index in [1.165, 1.54) is 0 Å². The number of fused-ring (bicyclic) bond motifs is 1. The van der Waals surface area contributed by atoms with Crippen molar-refractivity contribution in [1.82, 2.24) is 0 Å². The topological polar surface area (TPSA) is 48.0 Å². The Kier molecular flexibility index (Phi) is 4.78.